The van der Waals surface area contributed by atoms with Crippen molar-refractivity contribution in [3.05, 3.63) is 121 Å². The predicted molar refractivity (Wildman–Crippen MR) is 136 cm³/mol. The molecular formula is C25H16N6O6. The highest BCUT2D eigenvalue weighted by molar-refractivity contribution is 5.91. The lowest BCUT2D eigenvalue weighted by molar-refractivity contribution is -0.393. The van der Waals surface area contributed by atoms with Crippen LogP contribution in [0.25, 0.3) is 27.9 Å². The highest BCUT2D eigenvalue weighted by Crippen LogP contribution is 2.29. The average Bonchev–Trinajstić information content (AvgIpc) is 3.32. The zero-order chi connectivity index (χ0) is 25.9. The molecule has 2 aromatic heterocycles. The van der Waals surface area contributed by atoms with E-state index >= 15 is 0 Å². The number of nitrogens with one attached hydrogen (secondary N) is 1. The standard InChI is InChI=1S/C25H16N6O6/c32-25-20(12-16-6-4-5-9-23(16)37-25)24-17(15-29(28-24)18-7-2-1-3-8-18)14-26-27-21-11-10-19(30(33)34)13-22(21)31(35)36/h1-15,27H. The molecule has 37 heavy (non-hydrogen) atoms. The predicted octanol–water partition coefficient (Wildman–Crippen LogP) is 4.91. The van der Waals surface area contributed by atoms with Crippen molar-refractivity contribution in [2.75, 3.05) is 5.43 Å². The van der Waals surface area contributed by atoms with Crippen molar-refractivity contribution in [1.29, 1.82) is 0 Å². The number of fused-ring (bicyclic) bond motifs is 1. The van der Waals surface area contributed by atoms with Crippen molar-refractivity contribution < 1.29 is 14.3 Å². The fourth-order valence-corrected chi connectivity index (χ4v) is 3.68. The summed E-state index contributed by atoms with van der Waals surface area (Å²) >= 11 is 0. The van der Waals surface area contributed by atoms with Gasteiger partial charge in [-0.2, -0.15) is 10.2 Å². The van der Waals surface area contributed by atoms with Gasteiger partial charge in [-0.3, -0.25) is 25.7 Å². The molecule has 2 heterocycles. The smallest absolute Gasteiger partial charge is 0.345 e. The zero-order valence-electron chi connectivity index (χ0n) is 18.8. The van der Waals surface area contributed by atoms with Gasteiger partial charge in [0.2, 0.25) is 0 Å². The minimum absolute atomic E-state index is 0.0472. The van der Waals surface area contributed by atoms with Crippen LogP contribution in [0.5, 0.6) is 0 Å². The molecule has 0 amide bonds. The first-order valence-electron chi connectivity index (χ1n) is 10.8. The van der Waals surface area contributed by atoms with Crippen molar-refractivity contribution in [2.45, 2.75) is 0 Å². The van der Waals surface area contributed by atoms with E-state index < -0.39 is 26.8 Å². The van der Waals surface area contributed by atoms with Crippen molar-refractivity contribution >= 4 is 34.2 Å². The number of benzene rings is 3. The molecule has 3 aromatic carbocycles. The highest BCUT2D eigenvalue weighted by Gasteiger charge is 2.20. The molecule has 0 aliphatic carbocycles. The van der Waals surface area contributed by atoms with Crippen LogP contribution in [0.15, 0.2) is 99.4 Å². The number of nitro groups is 2. The van der Waals surface area contributed by atoms with Gasteiger partial charge in [0.05, 0.1) is 33.4 Å². The second kappa shape index (κ2) is 9.54. The minimum atomic E-state index is -0.746. The Balaban J connectivity index is 1.57. The van der Waals surface area contributed by atoms with Crippen molar-refractivity contribution in [2.24, 2.45) is 5.10 Å². The summed E-state index contributed by atoms with van der Waals surface area (Å²) in [6.45, 7) is 0. The number of anilines is 1. The third kappa shape index (κ3) is 4.66. The molecule has 0 fully saturated rings. The molecule has 5 aromatic rings. The van der Waals surface area contributed by atoms with Crippen LogP contribution in [0.1, 0.15) is 5.56 Å². The molecule has 12 nitrogen and oxygen atoms in total. The van der Waals surface area contributed by atoms with E-state index in [0.29, 0.717) is 16.5 Å². The Morgan fingerprint density at radius 2 is 1.70 bits per heavy atom. The van der Waals surface area contributed by atoms with Gasteiger partial charge in [-0.05, 0) is 30.3 Å². The van der Waals surface area contributed by atoms with Gasteiger partial charge in [0.25, 0.3) is 5.69 Å². The normalized spacial score (nSPS) is 11.1. The second-order valence-corrected chi connectivity index (χ2v) is 7.78. The number of hydrogen-bond acceptors (Lipinski definition) is 9. The summed E-state index contributed by atoms with van der Waals surface area (Å²) in [5.74, 6) is 0. The Morgan fingerprint density at radius 3 is 2.46 bits per heavy atom. The average molecular weight is 496 g/mol. The summed E-state index contributed by atoms with van der Waals surface area (Å²) in [7, 11) is 0. The van der Waals surface area contributed by atoms with Crippen molar-refractivity contribution in [3.8, 4) is 16.9 Å². The van der Waals surface area contributed by atoms with Crippen LogP contribution in [0.2, 0.25) is 0 Å². The lowest BCUT2D eigenvalue weighted by Crippen LogP contribution is -2.05. The summed E-state index contributed by atoms with van der Waals surface area (Å²) in [5.41, 5.74) is 3.05. The number of hydrogen-bond donors (Lipinski definition) is 1. The van der Waals surface area contributed by atoms with Gasteiger partial charge in [-0.15, -0.1) is 0 Å². The first-order chi connectivity index (χ1) is 17.9. The summed E-state index contributed by atoms with van der Waals surface area (Å²) in [5, 5.41) is 31.7. The van der Waals surface area contributed by atoms with E-state index in [9.17, 15) is 25.0 Å². The first-order valence-corrected chi connectivity index (χ1v) is 10.8. The topological polar surface area (TPSA) is 159 Å². The van der Waals surface area contributed by atoms with Gasteiger partial charge in [-0.1, -0.05) is 36.4 Å². The van der Waals surface area contributed by atoms with Crippen LogP contribution in [-0.4, -0.2) is 25.8 Å². The second-order valence-electron chi connectivity index (χ2n) is 7.78. The van der Waals surface area contributed by atoms with Crippen molar-refractivity contribution in [3.63, 3.8) is 0 Å². The molecule has 0 saturated heterocycles. The Bertz CT molecular complexity index is 1740. The molecule has 5 rings (SSSR count). The molecule has 182 valence electrons. The van der Waals surface area contributed by atoms with E-state index in [0.717, 1.165) is 17.8 Å². The Hall–Kier alpha value is -5.65. The van der Waals surface area contributed by atoms with Crippen LogP contribution < -0.4 is 11.1 Å². The maximum atomic E-state index is 12.8. The molecule has 12 heteroatoms. The number of rotatable bonds is 7. The van der Waals surface area contributed by atoms with Crippen molar-refractivity contribution in [1.82, 2.24) is 9.78 Å². The fourth-order valence-electron chi connectivity index (χ4n) is 3.68. The maximum absolute atomic E-state index is 12.8. The number of nitrogens with zero attached hydrogens (tertiary/aromatic N) is 5. The molecule has 0 unspecified atom stereocenters. The van der Waals surface area contributed by atoms with Crippen LogP contribution in [0.4, 0.5) is 17.1 Å². The van der Waals surface area contributed by atoms with Crippen LogP contribution >= 0.6 is 0 Å². The molecule has 1 N–H and O–H groups in total. The van der Waals surface area contributed by atoms with Crippen LogP contribution in [-0.2, 0) is 0 Å². The lowest BCUT2D eigenvalue weighted by atomic mass is 10.1. The van der Waals surface area contributed by atoms with E-state index in [1.54, 1.807) is 35.1 Å². The number of para-hydroxylation sites is 2. The monoisotopic (exact) mass is 496 g/mol. The fraction of sp³-hybridized carbons (Fsp3) is 0. The quantitative estimate of drug-likeness (QED) is 0.144. The number of nitro benzene ring substituents is 2. The summed E-state index contributed by atoms with van der Waals surface area (Å²) in [6, 6.07) is 21.1. The SMILES string of the molecule is O=c1oc2ccccc2cc1-c1nn(-c2ccccc2)cc1C=NNc1ccc([N+](=O)[O-])cc1[N+](=O)[O-]. The number of aromatic nitrogens is 2. The van der Waals surface area contributed by atoms with Gasteiger partial charge in [0.15, 0.2) is 0 Å². The van der Waals surface area contributed by atoms with E-state index in [2.05, 4.69) is 15.6 Å². The van der Waals surface area contributed by atoms with Gasteiger partial charge in [0.1, 0.15) is 17.0 Å². The molecule has 0 saturated carbocycles. The summed E-state index contributed by atoms with van der Waals surface area (Å²) in [6.07, 6.45) is 3.00. The molecule has 0 radical (unpaired) electrons. The largest absolute Gasteiger partial charge is 0.422 e. The number of non-ortho nitro benzene ring substituents is 1. The van der Waals surface area contributed by atoms with E-state index in [4.69, 9.17) is 4.42 Å². The third-order valence-corrected chi connectivity index (χ3v) is 5.44. The molecular weight excluding hydrogens is 480 g/mol. The van der Waals surface area contributed by atoms with Gasteiger partial charge in [-0.25, -0.2) is 9.48 Å². The Kier molecular flexibility index (Phi) is 5.96. The Morgan fingerprint density at radius 1 is 0.946 bits per heavy atom. The molecule has 0 atom stereocenters. The van der Waals surface area contributed by atoms with Crippen LogP contribution in [0.3, 0.4) is 0 Å². The van der Waals surface area contributed by atoms with Gasteiger partial charge < -0.3 is 4.42 Å². The maximum Gasteiger partial charge on any atom is 0.345 e. The first kappa shape index (κ1) is 23.1. The molecule has 0 bridgehead atoms. The minimum Gasteiger partial charge on any atom is -0.422 e. The van der Waals surface area contributed by atoms with Gasteiger partial charge >= 0.3 is 11.3 Å². The number of hydrazone groups is 1. The Labute approximate surface area is 207 Å². The molecule has 0 spiro atoms. The third-order valence-electron chi connectivity index (χ3n) is 5.44. The van der Waals surface area contributed by atoms with Gasteiger partial charge in [0, 0.05) is 23.2 Å². The molecule has 0 aliphatic rings. The lowest BCUT2D eigenvalue weighted by Gasteiger charge is -2.02. The highest BCUT2D eigenvalue weighted by atomic mass is 16.6. The summed E-state index contributed by atoms with van der Waals surface area (Å²) in [4.78, 5) is 33.7. The zero-order valence-corrected chi connectivity index (χ0v) is 18.8. The van der Waals surface area contributed by atoms with E-state index in [-0.39, 0.29) is 16.9 Å². The molecule has 0 aliphatic heterocycles. The van der Waals surface area contributed by atoms with Crippen LogP contribution in [0, 0.1) is 20.2 Å². The van der Waals surface area contributed by atoms with E-state index in [1.807, 2.05) is 36.4 Å². The summed E-state index contributed by atoms with van der Waals surface area (Å²) < 4.78 is 7.04. The van der Waals surface area contributed by atoms with E-state index in [1.165, 1.54) is 12.3 Å².